The summed E-state index contributed by atoms with van der Waals surface area (Å²) in [6.45, 7) is 6.04. The summed E-state index contributed by atoms with van der Waals surface area (Å²) in [6, 6.07) is 9.62. The molecule has 0 spiro atoms. The minimum atomic E-state index is -3.37. The summed E-state index contributed by atoms with van der Waals surface area (Å²) in [4.78, 5) is 11.5. The number of fused-ring (bicyclic) bond motifs is 1. The fraction of sp³-hybridized carbons (Fsp3) is 0.417. The Kier molecular flexibility index (Phi) is 6.34. The Morgan fingerprint density at radius 3 is 2.33 bits per heavy atom. The van der Waals surface area contributed by atoms with E-state index in [0.29, 0.717) is 40.6 Å². The minimum absolute atomic E-state index is 0.0374. The fourth-order valence-corrected chi connectivity index (χ4v) is 5.39. The number of nitrogens with one attached hydrogen (secondary N) is 1. The number of anilines is 3. The number of aromatic nitrogens is 2. The summed E-state index contributed by atoms with van der Waals surface area (Å²) in [7, 11) is -0.215. The Morgan fingerprint density at radius 2 is 1.70 bits per heavy atom. The molecule has 1 aliphatic rings. The van der Waals surface area contributed by atoms with Gasteiger partial charge in [0.05, 0.1) is 41.8 Å². The predicted octanol–water partition coefficient (Wildman–Crippen LogP) is 4.56. The minimum Gasteiger partial charge on any atom is -0.493 e. The summed E-state index contributed by atoms with van der Waals surface area (Å²) in [5, 5.41) is 4.15. The Labute approximate surface area is 194 Å². The molecule has 1 saturated heterocycles. The van der Waals surface area contributed by atoms with Crippen LogP contribution < -0.4 is 19.7 Å². The highest BCUT2D eigenvalue weighted by Crippen LogP contribution is 2.40. The van der Waals surface area contributed by atoms with Crippen molar-refractivity contribution < 1.29 is 17.9 Å². The molecule has 8 nitrogen and oxygen atoms in total. The number of hydrogen-bond donors (Lipinski definition) is 1. The van der Waals surface area contributed by atoms with Crippen molar-refractivity contribution in [3.05, 3.63) is 36.7 Å². The maximum absolute atomic E-state index is 12.6. The smallest absolute Gasteiger partial charge is 0.178 e. The van der Waals surface area contributed by atoms with Crippen LogP contribution in [0.15, 0.2) is 41.6 Å². The molecule has 33 heavy (non-hydrogen) atoms. The highest BCUT2D eigenvalue weighted by Gasteiger charge is 2.30. The van der Waals surface area contributed by atoms with Crippen molar-refractivity contribution >= 4 is 37.9 Å². The number of nitrogens with zero attached hydrogens (tertiary/aromatic N) is 3. The van der Waals surface area contributed by atoms with Gasteiger partial charge in [-0.25, -0.2) is 18.4 Å². The summed E-state index contributed by atoms with van der Waals surface area (Å²) in [5.41, 5.74) is 2.33. The highest BCUT2D eigenvalue weighted by molar-refractivity contribution is 7.91. The van der Waals surface area contributed by atoms with E-state index in [0.717, 1.165) is 23.9 Å². The number of rotatable bonds is 7. The van der Waals surface area contributed by atoms with E-state index in [2.05, 4.69) is 34.0 Å². The van der Waals surface area contributed by atoms with Crippen molar-refractivity contribution in [1.82, 2.24) is 9.97 Å². The second kappa shape index (κ2) is 9.05. The molecule has 1 aliphatic heterocycles. The van der Waals surface area contributed by atoms with Gasteiger partial charge in [-0.05, 0) is 51.0 Å². The van der Waals surface area contributed by atoms with Crippen LogP contribution in [0.5, 0.6) is 11.5 Å². The van der Waals surface area contributed by atoms with Gasteiger partial charge < -0.3 is 19.7 Å². The average Bonchev–Trinajstić information content (AvgIpc) is 3.15. The molecular weight excluding hydrogens is 440 g/mol. The van der Waals surface area contributed by atoms with Crippen LogP contribution in [0.1, 0.15) is 33.6 Å². The van der Waals surface area contributed by atoms with Crippen molar-refractivity contribution in [3.63, 3.8) is 0 Å². The third-order valence-corrected chi connectivity index (χ3v) is 8.06. The standard InChI is InChI=1S/C24H30N4O4S/c1-6-33(29,30)17-9-10-21(28-15(2)7-8-16(28)3)20(11-17)27-24-18-12-22(31-4)23(32-5)13-19(18)25-14-26-24/h9-16H,6-8H2,1-5H3,(H,25,26,27). The van der Waals surface area contributed by atoms with E-state index in [1.54, 1.807) is 39.3 Å². The molecule has 1 N–H and O–H groups in total. The SMILES string of the molecule is CCS(=O)(=O)c1ccc(N2C(C)CCC2C)c(Nc2ncnc3cc(OC)c(OC)cc23)c1. The quantitative estimate of drug-likeness (QED) is 0.537. The number of methoxy groups -OCH3 is 2. The molecule has 3 aromatic rings. The van der Waals surface area contributed by atoms with E-state index in [1.165, 1.54) is 6.33 Å². The van der Waals surface area contributed by atoms with Crippen molar-refractivity contribution in [3.8, 4) is 11.5 Å². The highest BCUT2D eigenvalue weighted by atomic mass is 32.2. The van der Waals surface area contributed by atoms with Gasteiger partial charge in [0.25, 0.3) is 0 Å². The molecule has 9 heteroatoms. The molecule has 0 aliphatic carbocycles. The van der Waals surface area contributed by atoms with Crippen LogP contribution in [0, 0.1) is 0 Å². The van der Waals surface area contributed by atoms with Crippen LogP contribution in [0.4, 0.5) is 17.2 Å². The third kappa shape index (κ3) is 4.29. The number of hydrogen-bond acceptors (Lipinski definition) is 8. The Balaban J connectivity index is 1.87. The molecule has 2 heterocycles. The van der Waals surface area contributed by atoms with Gasteiger partial charge in [0.1, 0.15) is 12.1 Å². The topological polar surface area (TPSA) is 93.7 Å². The van der Waals surface area contributed by atoms with Crippen LogP contribution in [0.3, 0.4) is 0 Å². The van der Waals surface area contributed by atoms with Gasteiger partial charge in [-0.2, -0.15) is 0 Å². The van der Waals surface area contributed by atoms with Crippen LogP contribution in [-0.2, 0) is 9.84 Å². The number of benzene rings is 2. The van der Waals surface area contributed by atoms with Crippen molar-refractivity contribution in [2.75, 3.05) is 30.2 Å². The largest absolute Gasteiger partial charge is 0.493 e. The molecule has 2 atom stereocenters. The molecule has 0 saturated carbocycles. The van der Waals surface area contributed by atoms with Gasteiger partial charge >= 0.3 is 0 Å². The second-order valence-corrected chi connectivity index (χ2v) is 10.6. The normalized spacial score (nSPS) is 18.5. The number of ether oxygens (including phenoxy) is 2. The van der Waals surface area contributed by atoms with Crippen LogP contribution in [0.2, 0.25) is 0 Å². The molecule has 2 aromatic carbocycles. The van der Waals surface area contributed by atoms with Gasteiger partial charge in [-0.3, -0.25) is 0 Å². The first-order chi connectivity index (χ1) is 15.8. The average molecular weight is 471 g/mol. The van der Waals surface area contributed by atoms with E-state index in [-0.39, 0.29) is 10.6 Å². The lowest BCUT2D eigenvalue weighted by Gasteiger charge is -2.31. The molecule has 0 amide bonds. The second-order valence-electron chi connectivity index (χ2n) is 8.34. The molecule has 2 unspecified atom stereocenters. The summed E-state index contributed by atoms with van der Waals surface area (Å²) in [5.74, 6) is 1.74. The van der Waals surface area contributed by atoms with Crippen molar-refractivity contribution in [1.29, 1.82) is 0 Å². The Morgan fingerprint density at radius 1 is 1.03 bits per heavy atom. The lowest BCUT2D eigenvalue weighted by atomic mass is 10.1. The van der Waals surface area contributed by atoms with Crippen LogP contribution in [-0.4, -0.2) is 50.4 Å². The maximum Gasteiger partial charge on any atom is 0.178 e. The van der Waals surface area contributed by atoms with Crippen LogP contribution in [0.25, 0.3) is 10.9 Å². The Hall–Kier alpha value is -3.07. The maximum atomic E-state index is 12.6. The summed E-state index contributed by atoms with van der Waals surface area (Å²) < 4.78 is 36.1. The van der Waals surface area contributed by atoms with Gasteiger partial charge in [0, 0.05) is 23.5 Å². The molecule has 1 aromatic heterocycles. The van der Waals surface area contributed by atoms with Crippen molar-refractivity contribution in [2.45, 2.75) is 50.6 Å². The Bertz CT molecular complexity index is 1270. The molecule has 0 bridgehead atoms. The van der Waals surface area contributed by atoms with E-state index in [4.69, 9.17) is 9.47 Å². The van der Waals surface area contributed by atoms with E-state index in [1.807, 2.05) is 12.1 Å². The summed E-state index contributed by atoms with van der Waals surface area (Å²) >= 11 is 0. The molecular formula is C24H30N4O4S. The fourth-order valence-electron chi connectivity index (χ4n) is 4.48. The molecule has 1 fully saturated rings. The van der Waals surface area contributed by atoms with Gasteiger partial charge in [0.2, 0.25) is 0 Å². The lowest BCUT2D eigenvalue weighted by molar-refractivity contribution is 0.356. The first kappa shape index (κ1) is 23.1. The zero-order valence-corrected chi connectivity index (χ0v) is 20.4. The monoisotopic (exact) mass is 470 g/mol. The predicted molar refractivity (Wildman–Crippen MR) is 131 cm³/mol. The van der Waals surface area contributed by atoms with Crippen LogP contribution >= 0.6 is 0 Å². The van der Waals surface area contributed by atoms with Gasteiger partial charge in [0.15, 0.2) is 21.3 Å². The van der Waals surface area contributed by atoms with Gasteiger partial charge in [-0.15, -0.1) is 0 Å². The van der Waals surface area contributed by atoms with E-state index in [9.17, 15) is 8.42 Å². The number of sulfone groups is 1. The lowest BCUT2D eigenvalue weighted by Crippen LogP contribution is -2.33. The first-order valence-electron chi connectivity index (χ1n) is 11.1. The third-order valence-electron chi connectivity index (χ3n) is 6.33. The summed E-state index contributed by atoms with van der Waals surface area (Å²) in [6.07, 6.45) is 3.65. The molecule has 0 radical (unpaired) electrons. The zero-order valence-electron chi connectivity index (χ0n) is 19.6. The van der Waals surface area contributed by atoms with E-state index >= 15 is 0 Å². The van der Waals surface area contributed by atoms with E-state index < -0.39 is 9.84 Å². The zero-order chi connectivity index (χ0) is 23.8. The first-order valence-corrected chi connectivity index (χ1v) is 12.7. The van der Waals surface area contributed by atoms with Gasteiger partial charge in [-0.1, -0.05) is 6.92 Å². The molecule has 176 valence electrons. The molecule has 4 rings (SSSR count). The van der Waals surface area contributed by atoms with Crippen molar-refractivity contribution in [2.24, 2.45) is 0 Å².